The molecule has 0 atom stereocenters. The fraction of sp³-hybridized carbons (Fsp3) is 0.533. The third-order valence-corrected chi connectivity index (χ3v) is 3.43. The number of anilines is 2. The molecule has 0 fully saturated rings. The Balaban J connectivity index is 2.34. The molecule has 0 heterocycles. The number of hydrogen-bond donors (Lipinski definition) is 3. The summed E-state index contributed by atoms with van der Waals surface area (Å²) in [7, 11) is 2.13. The standard InChI is InChI=1S/C15H25N3O2/c1-11(2)18(3)9-5-4-8-17-14-7-6-12(15(19)20)10-13(14)16/h6-7,10-11,17H,4-5,8-9,16H2,1-3H3,(H,19,20). The second kappa shape index (κ2) is 7.75. The lowest BCUT2D eigenvalue weighted by molar-refractivity contribution is 0.0697. The van der Waals surface area contributed by atoms with Gasteiger partial charge in [0, 0.05) is 12.6 Å². The minimum atomic E-state index is -0.958. The molecule has 20 heavy (non-hydrogen) atoms. The summed E-state index contributed by atoms with van der Waals surface area (Å²) in [4.78, 5) is 13.1. The number of nitrogen functional groups attached to an aromatic ring is 1. The van der Waals surface area contributed by atoms with Gasteiger partial charge in [-0.05, 0) is 58.5 Å². The average molecular weight is 279 g/mol. The Morgan fingerprint density at radius 2 is 2.10 bits per heavy atom. The average Bonchev–Trinajstić information content (AvgIpc) is 2.39. The lowest BCUT2D eigenvalue weighted by Crippen LogP contribution is -2.27. The largest absolute Gasteiger partial charge is 0.478 e. The maximum absolute atomic E-state index is 10.8. The second-order valence-electron chi connectivity index (χ2n) is 5.32. The van der Waals surface area contributed by atoms with E-state index in [0.29, 0.717) is 11.7 Å². The van der Waals surface area contributed by atoms with Crippen LogP contribution in [0.4, 0.5) is 11.4 Å². The third-order valence-electron chi connectivity index (χ3n) is 3.43. The van der Waals surface area contributed by atoms with Gasteiger partial charge in [-0.1, -0.05) is 0 Å². The molecule has 0 aliphatic rings. The molecule has 0 aliphatic heterocycles. The highest BCUT2D eigenvalue weighted by molar-refractivity contribution is 5.90. The zero-order valence-electron chi connectivity index (χ0n) is 12.5. The Hall–Kier alpha value is -1.75. The molecule has 0 unspecified atom stereocenters. The first-order valence-electron chi connectivity index (χ1n) is 6.98. The predicted octanol–water partition coefficient (Wildman–Crippen LogP) is 2.50. The maximum Gasteiger partial charge on any atom is 0.335 e. The number of carboxylic acids is 1. The molecule has 5 heteroatoms. The van der Waals surface area contributed by atoms with Crippen molar-refractivity contribution in [2.75, 3.05) is 31.2 Å². The summed E-state index contributed by atoms with van der Waals surface area (Å²) in [6, 6.07) is 5.34. The van der Waals surface area contributed by atoms with E-state index in [2.05, 4.69) is 31.1 Å². The van der Waals surface area contributed by atoms with E-state index < -0.39 is 5.97 Å². The van der Waals surface area contributed by atoms with Crippen LogP contribution in [-0.4, -0.2) is 42.2 Å². The van der Waals surface area contributed by atoms with Gasteiger partial charge in [0.1, 0.15) is 0 Å². The quantitative estimate of drug-likeness (QED) is 0.503. The number of nitrogens with two attached hydrogens (primary N) is 1. The Bertz CT molecular complexity index is 447. The molecule has 0 saturated carbocycles. The van der Waals surface area contributed by atoms with Gasteiger partial charge in [0.15, 0.2) is 0 Å². The zero-order chi connectivity index (χ0) is 15.1. The molecule has 4 N–H and O–H groups in total. The molecule has 5 nitrogen and oxygen atoms in total. The highest BCUT2D eigenvalue weighted by Crippen LogP contribution is 2.19. The number of aromatic carboxylic acids is 1. The van der Waals surface area contributed by atoms with Gasteiger partial charge in [-0.25, -0.2) is 4.79 Å². The summed E-state index contributed by atoms with van der Waals surface area (Å²) in [5, 5.41) is 12.1. The topological polar surface area (TPSA) is 78.6 Å². The van der Waals surface area contributed by atoms with E-state index in [0.717, 1.165) is 31.6 Å². The SMILES string of the molecule is CC(C)N(C)CCCCNc1ccc(C(=O)O)cc1N. The Morgan fingerprint density at radius 1 is 1.40 bits per heavy atom. The highest BCUT2D eigenvalue weighted by Gasteiger charge is 2.06. The Morgan fingerprint density at radius 3 is 2.65 bits per heavy atom. The molecular formula is C15H25N3O2. The fourth-order valence-electron chi connectivity index (χ4n) is 1.82. The fourth-order valence-corrected chi connectivity index (χ4v) is 1.82. The van der Waals surface area contributed by atoms with Crippen LogP contribution in [-0.2, 0) is 0 Å². The summed E-state index contributed by atoms with van der Waals surface area (Å²) < 4.78 is 0. The number of hydrogen-bond acceptors (Lipinski definition) is 4. The van der Waals surface area contributed by atoms with Gasteiger partial charge < -0.3 is 21.1 Å². The van der Waals surface area contributed by atoms with E-state index in [1.54, 1.807) is 12.1 Å². The van der Waals surface area contributed by atoms with E-state index in [-0.39, 0.29) is 5.56 Å². The van der Waals surface area contributed by atoms with Crippen LogP contribution in [0.2, 0.25) is 0 Å². The van der Waals surface area contributed by atoms with Gasteiger partial charge in [-0.15, -0.1) is 0 Å². The van der Waals surface area contributed by atoms with Crippen LogP contribution < -0.4 is 11.1 Å². The third kappa shape index (κ3) is 5.09. The number of carbonyl (C=O) groups is 1. The van der Waals surface area contributed by atoms with Crippen LogP contribution >= 0.6 is 0 Å². The predicted molar refractivity (Wildman–Crippen MR) is 83.3 cm³/mol. The van der Waals surface area contributed by atoms with Crippen molar-refractivity contribution in [3.63, 3.8) is 0 Å². The minimum Gasteiger partial charge on any atom is -0.478 e. The monoisotopic (exact) mass is 279 g/mol. The molecule has 1 aromatic carbocycles. The Kier molecular flexibility index (Phi) is 6.31. The smallest absolute Gasteiger partial charge is 0.335 e. The van der Waals surface area contributed by atoms with Crippen LogP contribution in [0, 0.1) is 0 Å². The van der Waals surface area contributed by atoms with Crippen molar-refractivity contribution in [1.29, 1.82) is 0 Å². The second-order valence-corrected chi connectivity index (χ2v) is 5.32. The van der Waals surface area contributed by atoms with Crippen molar-refractivity contribution in [3.8, 4) is 0 Å². The van der Waals surface area contributed by atoms with Gasteiger partial charge in [-0.3, -0.25) is 0 Å². The molecule has 1 aromatic rings. The Labute approximate surface area is 120 Å². The number of unbranched alkanes of at least 4 members (excludes halogenated alkanes) is 1. The molecule has 112 valence electrons. The van der Waals surface area contributed by atoms with E-state index in [1.807, 2.05) is 0 Å². The summed E-state index contributed by atoms with van der Waals surface area (Å²) in [5.41, 5.74) is 7.32. The summed E-state index contributed by atoms with van der Waals surface area (Å²) in [5.74, 6) is -0.958. The molecular weight excluding hydrogens is 254 g/mol. The van der Waals surface area contributed by atoms with Gasteiger partial charge in [0.25, 0.3) is 0 Å². The van der Waals surface area contributed by atoms with E-state index in [1.165, 1.54) is 6.07 Å². The molecule has 0 bridgehead atoms. The van der Waals surface area contributed by atoms with Crippen molar-refractivity contribution < 1.29 is 9.90 Å². The molecule has 0 radical (unpaired) electrons. The normalized spacial score (nSPS) is 11.1. The van der Waals surface area contributed by atoms with Crippen LogP contribution in [0.3, 0.4) is 0 Å². The zero-order valence-corrected chi connectivity index (χ0v) is 12.5. The van der Waals surface area contributed by atoms with Crippen molar-refractivity contribution in [3.05, 3.63) is 23.8 Å². The van der Waals surface area contributed by atoms with Gasteiger partial charge in [-0.2, -0.15) is 0 Å². The van der Waals surface area contributed by atoms with Crippen molar-refractivity contribution >= 4 is 17.3 Å². The number of carboxylic acid groups (broad SMARTS) is 1. The molecule has 0 amide bonds. The molecule has 0 spiro atoms. The molecule has 1 rings (SSSR count). The van der Waals surface area contributed by atoms with Crippen molar-refractivity contribution in [2.45, 2.75) is 32.7 Å². The number of benzene rings is 1. The van der Waals surface area contributed by atoms with Crippen LogP contribution in [0.5, 0.6) is 0 Å². The number of rotatable bonds is 8. The summed E-state index contributed by atoms with van der Waals surface area (Å²) >= 11 is 0. The highest BCUT2D eigenvalue weighted by atomic mass is 16.4. The van der Waals surface area contributed by atoms with E-state index >= 15 is 0 Å². The number of nitrogens with one attached hydrogen (secondary N) is 1. The van der Waals surface area contributed by atoms with Crippen LogP contribution in [0.25, 0.3) is 0 Å². The molecule has 0 aliphatic carbocycles. The maximum atomic E-state index is 10.8. The lowest BCUT2D eigenvalue weighted by Gasteiger charge is -2.20. The lowest BCUT2D eigenvalue weighted by atomic mass is 10.1. The summed E-state index contributed by atoms with van der Waals surface area (Å²) in [6.45, 7) is 6.28. The van der Waals surface area contributed by atoms with E-state index in [4.69, 9.17) is 10.8 Å². The van der Waals surface area contributed by atoms with Gasteiger partial charge >= 0.3 is 5.97 Å². The summed E-state index contributed by atoms with van der Waals surface area (Å²) in [6.07, 6.45) is 2.17. The van der Waals surface area contributed by atoms with Crippen LogP contribution in [0.1, 0.15) is 37.0 Å². The van der Waals surface area contributed by atoms with Gasteiger partial charge in [0.2, 0.25) is 0 Å². The molecule has 0 saturated heterocycles. The first-order valence-corrected chi connectivity index (χ1v) is 6.98. The first-order chi connectivity index (χ1) is 9.41. The molecule has 0 aromatic heterocycles. The van der Waals surface area contributed by atoms with Crippen molar-refractivity contribution in [2.24, 2.45) is 0 Å². The van der Waals surface area contributed by atoms with Crippen molar-refractivity contribution in [1.82, 2.24) is 4.90 Å². The minimum absolute atomic E-state index is 0.214. The number of nitrogens with zero attached hydrogens (tertiary/aromatic N) is 1. The van der Waals surface area contributed by atoms with Gasteiger partial charge in [0.05, 0.1) is 16.9 Å². The van der Waals surface area contributed by atoms with E-state index in [9.17, 15) is 4.79 Å². The first kappa shape index (κ1) is 16.3. The van der Waals surface area contributed by atoms with Crippen LogP contribution in [0.15, 0.2) is 18.2 Å².